The molecule has 3 heterocycles. The molecule has 164 valence electrons. The van der Waals surface area contributed by atoms with E-state index < -0.39 is 0 Å². The number of ether oxygens (including phenoxy) is 2. The Kier molecular flexibility index (Phi) is 5.30. The molecule has 32 heavy (non-hydrogen) atoms. The van der Waals surface area contributed by atoms with E-state index >= 15 is 0 Å². The maximum absolute atomic E-state index is 12.7. The first kappa shape index (κ1) is 20.5. The van der Waals surface area contributed by atoms with Gasteiger partial charge in [-0.3, -0.25) is 4.79 Å². The minimum atomic E-state index is -0.0906. The first-order chi connectivity index (χ1) is 15.6. The van der Waals surface area contributed by atoms with Crippen molar-refractivity contribution in [1.82, 2.24) is 14.8 Å². The highest BCUT2D eigenvalue weighted by Gasteiger charge is 2.33. The summed E-state index contributed by atoms with van der Waals surface area (Å²) in [6.07, 6.45) is 1.31. The minimum absolute atomic E-state index is 0.0358. The third-order valence-corrected chi connectivity index (χ3v) is 6.60. The Morgan fingerprint density at radius 1 is 1.22 bits per heavy atom. The number of fused-ring (bicyclic) bond motifs is 2. The van der Waals surface area contributed by atoms with Crippen LogP contribution in [0, 0.1) is 6.92 Å². The Labute approximate surface area is 190 Å². The summed E-state index contributed by atoms with van der Waals surface area (Å²) in [6.45, 7) is 4.73. The number of thiazole rings is 1. The molecule has 0 aliphatic carbocycles. The van der Waals surface area contributed by atoms with Crippen LogP contribution < -0.4 is 14.8 Å². The number of aromatic nitrogens is 3. The molecule has 0 fully saturated rings. The van der Waals surface area contributed by atoms with Gasteiger partial charge in [0.05, 0.1) is 29.6 Å². The number of carbonyl (C=O) groups excluding carboxylic acids is 1. The Balaban J connectivity index is 1.58. The van der Waals surface area contributed by atoms with E-state index in [2.05, 4.69) is 12.2 Å². The van der Waals surface area contributed by atoms with Crippen molar-refractivity contribution in [2.75, 3.05) is 19.0 Å². The average Bonchev–Trinajstić information content (AvgIpc) is 3.37. The van der Waals surface area contributed by atoms with Crippen LogP contribution in [-0.4, -0.2) is 34.4 Å². The summed E-state index contributed by atoms with van der Waals surface area (Å²) in [5.41, 5.74) is 3.81. The molecule has 1 atom stereocenters. The van der Waals surface area contributed by atoms with Crippen molar-refractivity contribution < 1.29 is 14.3 Å². The Morgan fingerprint density at radius 2 is 2.09 bits per heavy atom. The minimum Gasteiger partial charge on any atom is -0.497 e. The summed E-state index contributed by atoms with van der Waals surface area (Å²) in [4.78, 5) is 17.4. The number of aryl methyl sites for hydroxylation is 1. The maximum atomic E-state index is 12.7. The number of nitrogens with zero attached hydrogens (tertiary/aromatic N) is 3. The second kappa shape index (κ2) is 8.27. The molecule has 7 nitrogen and oxygen atoms in total. The van der Waals surface area contributed by atoms with Crippen LogP contribution in [0.5, 0.6) is 11.5 Å². The van der Waals surface area contributed by atoms with Gasteiger partial charge in [0.1, 0.15) is 17.3 Å². The maximum Gasteiger partial charge on any atom is 0.226 e. The standard InChI is InChI=1S/C24H24N4O3S/c1-4-10-31-17-7-5-6-15(11-17)18-13-21(29)26-23-22(18)14(2)27-28(23)24-25-19-9-8-16(30-3)12-20(19)32-24/h5-9,11-12,18H,4,10,13H2,1-3H3,(H,26,29). The van der Waals surface area contributed by atoms with Gasteiger partial charge in [0.2, 0.25) is 11.0 Å². The van der Waals surface area contributed by atoms with E-state index in [0.29, 0.717) is 24.0 Å². The van der Waals surface area contributed by atoms with Crippen LogP contribution in [-0.2, 0) is 4.79 Å². The fraction of sp³-hybridized carbons (Fsp3) is 0.292. The van der Waals surface area contributed by atoms with Crippen molar-refractivity contribution in [2.24, 2.45) is 0 Å². The fourth-order valence-corrected chi connectivity index (χ4v) is 5.07. The zero-order chi connectivity index (χ0) is 22.2. The summed E-state index contributed by atoms with van der Waals surface area (Å²) in [6, 6.07) is 13.8. The van der Waals surface area contributed by atoms with Crippen LogP contribution in [0.25, 0.3) is 15.3 Å². The van der Waals surface area contributed by atoms with Gasteiger partial charge in [-0.1, -0.05) is 30.4 Å². The molecular weight excluding hydrogens is 424 g/mol. The molecule has 8 heteroatoms. The lowest BCUT2D eigenvalue weighted by molar-refractivity contribution is -0.116. The first-order valence-electron chi connectivity index (χ1n) is 10.6. The van der Waals surface area contributed by atoms with E-state index in [4.69, 9.17) is 19.6 Å². The molecule has 1 amide bonds. The van der Waals surface area contributed by atoms with Gasteiger partial charge >= 0.3 is 0 Å². The van der Waals surface area contributed by atoms with Crippen molar-refractivity contribution in [1.29, 1.82) is 0 Å². The summed E-state index contributed by atoms with van der Waals surface area (Å²) < 4.78 is 13.9. The Hall–Kier alpha value is -3.39. The molecule has 0 spiro atoms. The summed E-state index contributed by atoms with van der Waals surface area (Å²) in [5, 5.41) is 8.51. The molecule has 2 aromatic carbocycles. The van der Waals surface area contributed by atoms with Crippen LogP contribution in [0.4, 0.5) is 5.82 Å². The van der Waals surface area contributed by atoms with E-state index in [-0.39, 0.29) is 11.8 Å². The molecule has 2 aromatic heterocycles. The summed E-state index contributed by atoms with van der Waals surface area (Å²) in [5.74, 6) is 2.17. The highest BCUT2D eigenvalue weighted by molar-refractivity contribution is 7.20. The lowest BCUT2D eigenvalue weighted by atomic mass is 9.86. The highest BCUT2D eigenvalue weighted by atomic mass is 32.1. The fourth-order valence-electron chi connectivity index (χ4n) is 4.12. The van der Waals surface area contributed by atoms with Crippen LogP contribution in [0.3, 0.4) is 0 Å². The number of hydrogen-bond donors (Lipinski definition) is 1. The lowest BCUT2D eigenvalue weighted by Gasteiger charge is -2.24. The lowest BCUT2D eigenvalue weighted by Crippen LogP contribution is -2.25. The Morgan fingerprint density at radius 3 is 2.91 bits per heavy atom. The number of nitrogens with one attached hydrogen (secondary N) is 1. The van der Waals surface area contributed by atoms with Crippen LogP contribution in [0.2, 0.25) is 0 Å². The molecule has 1 aliphatic rings. The van der Waals surface area contributed by atoms with Gasteiger partial charge in [0.15, 0.2) is 0 Å². The van der Waals surface area contributed by atoms with Crippen LogP contribution >= 0.6 is 11.3 Å². The third-order valence-electron chi connectivity index (χ3n) is 5.60. The average molecular weight is 449 g/mol. The van der Waals surface area contributed by atoms with Crippen molar-refractivity contribution in [3.63, 3.8) is 0 Å². The molecule has 0 saturated heterocycles. The highest BCUT2D eigenvalue weighted by Crippen LogP contribution is 2.41. The number of rotatable bonds is 6. The topological polar surface area (TPSA) is 78.3 Å². The molecule has 0 radical (unpaired) electrons. The number of hydrogen-bond acceptors (Lipinski definition) is 6. The van der Waals surface area contributed by atoms with Crippen molar-refractivity contribution in [3.05, 3.63) is 59.3 Å². The number of anilines is 1. The smallest absolute Gasteiger partial charge is 0.226 e. The van der Waals surface area contributed by atoms with Gasteiger partial charge in [-0.2, -0.15) is 9.78 Å². The van der Waals surface area contributed by atoms with Gasteiger partial charge in [-0.25, -0.2) is 4.98 Å². The van der Waals surface area contributed by atoms with Crippen molar-refractivity contribution in [2.45, 2.75) is 32.6 Å². The van der Waals surface area contributed by atoms with Crippen LogP contribution in [0.1, 0.15) is 42.5 Å². The monoisotopic (exact) mass is 448 g/mol. The largest absolute Gasteiger partial charge is 0.497 e. The van der Waals surface area contributed by atoms with E-state index in [1.807, 2.05) is 49.4 Å². The molecule has 4 aromatic rings. The zero-order valence-corrected chi connectivity index (χ0v) is 19.0. The molecular formula is C24H24N4O3S. The van der Waals surface area contributed by atoms with Gasteiger partial charge < -0.3 is 14.8 Å². The summed E-state index contributed by atoms with van der Waals surface area (Å²) in [7, 11) is 1.65. The molecule has 5 rings (SSSR count). The van der Waals surface area contributed by atoms with Gasteiger partial charge in [-0.15, -0.1) is 0 Å². The van der Waals surface area contributed by atoms with E-state index in [0.717, 1.165) is 45.0 Å². The second-order valence-corrected chi connectivity index (χ2v) is 8.82. The van der Waals surface area contributed by atoms with E-state index in [1.54, 1.807) is 11.8 Å². The summed E-state index contributed by atoms with van der Waals surface area (Å²) >= 11 is 1.51. The van der Waals surface area contributed by atoms with E-state index in [1.165, 1.54) is 11.3 Å². The third kappa shape index (κ3) is 3.60. The SMILES string of the molecule is CCCOc1cccc(C2CC(=O)Nc3c2c(C)nn3-c2nc3ccc(OC)cc3s2)c1. The van der Waals surface area contributed by atoms with E-state index in [9.17, 15) is 4.79 Å². The second-order valence-electron chi connectivity index (χ2n) is 7.82. The number of methoxy groups -OCH3 is 1. The molecule has 1 unspecified atom stereocenters. The molecule has 1 aliphatic heterocycles. The van der Waals surface area contributed by atoms with Gasteiger partial charge in [0, 0.05) is 17.9 Å². The van der Waals surface area contributed by atoms with Gasteiger partial charge in [0.25, 0.3) is 0 Å². The number of benzene rings is 2. The molecule has 0 saturated carbocycles. The van der Waals surface area contributed by atoms with Crippen molar-refractivity contribution >= 4 is 33.3 Å². The number of amides is 1. The number of carbonyl (C=O) groups is 1. The zero-order valence-electron chi connectivity index (χ0n) is 18.2. The van der Waals surface area contributed by atoms with Gasteiger partial charge in [-0.05, 0) is 49.2 Å². The molecule has 0 bridgehead atoms. The first-order valence-corrected chi connectivity index (χ1v) is 11.5. The predicted octanol–water partition coefficient (Wildman–Crippen LogP) is 5.06. The molecule has 1 N–H and O–H groups in total. The Bertz CT molecular complexity index is 1310. The van der Waals surface area contributed by atoms with Crippen molar-refractivity contribution in [3.8, 4) is 16.6 Å². The normalized spacial score (nSPS) is 15.5. The quantitative estimate of drug-likeness (QED) is 0.446. The van der Waals surface area contributed by atoms with Crippen LogP contribution in [0.15, 0.2) is 42.5 Å². The predicted molar refractivity (Wildman–Crippen MR) is 125 cm³/mol.